The number of nitrogens with one attached hydrogen (secondary N) is 1. The molecule has 2 heterocycles. The van der Waals surface area contributed by atoms with Gasteiger partial charge in [0.15, 0.2) is 23.0 Å². The number of aromatic hydroxyl groups is 1. The maximum absolute atomic E-state index is 13.2. The Kier molecular flexibility index (Phi) is 7.88. The van der Waals surface area contributed by atoms with E-state index in [4.69, 9.17) is 18.9 Å². The summed E-state index contributed by atoms with van der Waals surface area (Å²) >= 11 is 0. The molecule has 9 nitrogen and oxygen atoms in total. The molecule has 1 unspecified atom stereocenters. The Labute approximate surface area is 229 Å². The number of rotatable bonds is 10. The highest BCUT2D eigenvalue weighted by Gasteiger charge is 2.53. The van der Waals surface area contributed by atoms with E-state index < -0.39 is 12.0 Å². The number of methoxy groups -OCH3 is 1. The van der Waals surface area contributed by atoms with Crippen molar-refractivity contribution in [3.63, 3.8) is 0 Å². The lowest BCUT2D eigenvalue weighted by Crippen LogP contribution is -2.42. The number of fused-ring (bicyclic) bond motifs is 3. The van der Waals surface area contributed by atoms with Crippen LogP contribution in [0.1, 0.15) is 66.3 Å². The van der Waals surface area contributed by atoms with Gasteiger partial charge in [0.2, 0.25) is 12.7 Å². The number of benzene rings is 2. The molecule has 1 saturated heterocycles. The van der Waals surface area contributed by atoms with Crippen molar-refractivity contribution >= 4 is 11.9 Å². The van der Waals surface area contributed by atoms with Crippen LogP contribution in [0.2, 0.25) is 0 Å². The number of hydrogen-bond acceptors (Lipinski definition) is 8. The minimum Gasteiger partial charge on any atom is -0.504 e. The van der Waals surface area contributed by atoms with Crippen LogP contribution in [0.25, 0.3) is 0 Å². The average molecular weight is 539 g/mol. The molecule has 0 radical (unpaired) electrons. The second-order valence-corrected chi connectivity index (χ2v) is 11.0. The number of cyclic esters (lactones) is 1. The van der Waals surface area contributed by atoms with Crippen molar-refractivity contribution in [1.29, 1.82) is 0 Å². The molecule has 1 aliphatic carbocycles. The maximum Gasteiger partial charge on any atom is 0.310 e. The summed E-state index contributed by atoms with van der Waals surface area (Å²) in [6.45, 7) is 3.19. The van der Waals surface area contributed by atoms with E-state index in [0.717, 1.165) is 48.9 Å². The van der Waals surface area contributed by atoms with E-state index in [9.17, 15) is 14.7 Å². The summed E-state index contributed by atoms with van der Waals surface area (Å²) in [5.74, 6) is 0.184. The van der Waals surface area contributed by atoms with Gasteiger partial charge >= 0.3 is 5.97 Å². The van der Waals surface area contributed by atoms with E-state index in [2.05, 4.69) is 24.3 Å². The monoisotopic (exact) mass is 538 g/mol. The molecule has 1 amide bonds. The van der Waals surface area contributed by atoms with Crippen LogP contribution >= 0.6 is 0 Å². The van der Waals surface area contributed by atoms with E-state index in [1.807, 2.05) is 18.2 Å². The highest BCUT2D eigenvalue weighted by Crippen LogP contribution is 2.55. The number of amides is 1. The normalized spacial score (nSPS) is 22.8. The number of esters is 1. The Morgan fingerprint density at radius 1 is 1.05 bits per heavy atom. The molecule has 2 N–H and O–H groups in total. The number of hydrogen-bond donors (Lipinski definition) is 2. The summed E-state index contributed by atoms with van der Waals surface area (Å²) in [5, 5.41) is 13.7. The summed E-state index contributed by atoms with van der Waals surface area (Å²) in [6.07, 6.45) is 4.45. The minimum atomic E-state index is -0.511. The topological polar surface area (TPSA) is 107 Å². The zero-order valence-corrected chi connectivity index (χ0v) is 23.1. The van der Waals surface area contributed by atoms with E-state index in [-0.39, 0.29) is 42.9 Å². The quantitative estimate of drug-likeness (QED) is 0.345. The third-order valence-corrected chi connectivity index (χ3v) is 8.13. The predicted molar refractivity (Wildman–Crippen MR) is 144 cm³/mol. The van der Waals surface area contributed by atoms with Gasteiger partial charge in [0, 0.05) is 18.3 Å². The first kappa shape index (κ1) is 27.1. The Hall–Kier alpha value is -3.46. The molecule has 210 valence electrons. The van der Waals surface area contributed by atoms with Gasteiger partial charge in [-0.25, -0.2) is 0 Å². The fourth-order valence-corrected chi connectivity index (χ4v) is 6.17. The molecule has 0 spiro atoms. The van der Waals surface area contributed by atoms with Gasteiger partial charge in [-0.1, -0.05) is 18.9 Å². The molecule has 0 saturated carbocycles. The van der Waals surface area contributed by atoms with Gasteiger partial charge in [-0.2, -0.15) is 0 Å². The fraction of sp³-hybridized carbons (Fsp3) is 0.533. The molecule has 9 heteroatoms. The van der Waals surface area contributed by atoms with E-state index >= 15 is 0 Å². The summed E-state index contributed by atoms with van der Waals surface area (Å²) < 4.78 is 22.4. The van der Waals surface area contributed by atoms with Crippen LogP contribution in [0.4, 0.5) is 0 Å². The number of phenolic OH excluding ortho intramolecular Hbond substituents is 1. The van der Waals surface area contributed by atoms with Crippen molar-refractivity contribution in [2.45, 2.75) is 51.0 Å². The molecule has 2 aromatic carbocycles. The molecule has 1 fully saturated rings. The molecule has 4 atom stereocenters. The molecule has 3 aliphatic rings. The highest BCUT2D eigenvalue weighted by molar-refractivity contribution is 5.81. The van der Waals surface area contributed by atoms with Crippen LogP contribution in [0.5, 0.6) is 23.0 Å². The summed E-state index contributed by atoms with van der Waals surface area (Å²) in [7, 11) is 5.64. The lowest BCUT2D eigenvalue weighted by molar-refractivity contribution is -0.141. The standard InChI is InChI=1S/C30H38N2O7/c1-17-11-18(12-24(36-4)29(17)34)26-19-13-22-23(39-16-38-22)14-20(19)28(21-15-37-30(35)27(21)26)31-25(33)9-7-5-6-8-10-32(2)3/h11-14,21,26-28,34H,5-10,15-16H2,1-4H3,(H,31,33)/t21-,26?,27-,28+/m0/s1. The Balaban J connectivity index is 1.46. The van der Waals surface area contributed by atoms with Gasteiger partial charge in [-0.15, -0.1) is 0 Å². The summed E-state index contributed by atoms with van der Waals surface area (Å²) in [6, 6.07) is 7.11. The van der Waals surface area contributed by atoms with E-state index in [1.54, 1.807) is 13.0 Å². The second-order valence-electron chi connectivity index (χ2n) is 11.0. The third-order valence-electron chi connectivity index (χ3n) is 8.13. The van der Waals surface area contributed by atoms with Gasteiger partial charge in [0.25, 0.3) is 0 Å². The van der Waals surface area contributed by atoms with Crippen molar-refractivity contribution in [3.8, 4) is 23.0 Å². The van der Waals surface area contributed by atoms with Crippen molar-refractivity contribution < 1.29 is 33.6 Å². The Bertz CT molecular complexity index is 1240. The van der Waals surface area contributed by atoms with Crippen molar-refractivity contribution in [3.05, 3.63) is 46.5 Å². The van der Waals surface area contributed by atoms with Gasteiger partial charge in [0.05, 0.1) is 25.7 Å². The zero-order chi connectivity index (χ0) is 27.7. The van der Waals surface area contributed by atoms with Crippen LogP contribution in [-0.4, -0.2) is 63.0 Å². The number of nitrogens with zero attached hydrogens (tertiary/aromatic N) is 1. The van der Waals surface area contributed by atoms with Gasteiger partial charge in [-0.05, 0) is 80.9 Å². The minimum absolute atomic E-state index is 0.0325. The van der Waals surface area contributed by atoms with Crippen molar-refractivity contribution in [2.75, 3.05) is 41.1 Å². The molecular formula is C30H38N2O7. The number of carbonyl (C=O) groups is 2. The van der Waals surface area contributed by atoms with Gasteiger partial charge in [0.1, 0.15) is 0 Å². The van der Waals surface area contributed by atoms with Crippen LogP contribution in [0.15, 0.2) is 24.3 Å². The first-order valence-electron chi connectivity index (χ1n) is 13.7. The molecule has 39 heavy (non-hydrogen) atoms. The highest BCUT2D eigenvalue weighted by atomic mass is 16.7. The Morgan fingerprint density at radius 3 is 2.49 bits per heavy atom. The summed E-state index contributed by atoms with van der Waals surface area (Å²) in [4.78, 5) is 28.5. The van der Waals surface area contributed by atoms with Crippen molar-refractivity contribution in [1.82, 2.24) is 10.2 Å². The lowest BCUT2D eigenvalue weighted by Gasteiger charge is -2.39. The molecule has 5 rings (SSSR count). The fourth-order valence-electron chi connectivity index (χ4n) is 6.17. The van der Waals surface area contributed by atoms with Crippen LogP contribution in [-0.2, 0) is 14.3 Å². The van der Waals surface area contributed by atoms with E-state index in [0.29, 0.717) is 29.2 Å². The smallest absolute Gasteiger partial charge is 0.310 e. The zero-order valence-electron chi connectivity index (χ0n) is 23.1. The first-order valence-corrected chi connectivity index (χ1v) is 13.7. The average Bonchev–Trinajstić information content (AvgIpc) is 3.52. The molecule has 0 aromatic heterocycles. The number of aryl methyl sites for hydroxylation is 1. The Morgan fingerprint density at radius 2 is 1.77 bits per heavy atom. The van der Waals surface area contributed by atoms with Crippen LogP contribution < -0.4 is 19.5 Å². The van der Waals surface area contributed by atoms with Gasteiger partial charge < -0.3 is 34.3 Å². The second kappa shape index (κ2) is 11.3. The number of ether oxygens (including phenoxy) is 4. The molecular weight excluding hydrogens is 500 g/mol. The van der Waals surface area contributed by atoms with E-state index in [1.165, 1.54) is 7.11 Å². The van der Waals surface area contributed by atoms with Crippen molar-refractivity contribution in [2.24, 2.45) is 11.8 Å². The largest absolute Gasteiger partial charge is 0.504 e. The molecule has 2 aromatic rings. The lowest BCUT2D eigenvalue weighted by atomic mass is 9.65. The molecule has 2 aliphatic heterocycles. The van der Waals surface area contributed by atoms with Gasteiger partial charge in [-0.3, -0.25) is 9.59 Å². The third kappa shape index (κ3) is 5.37. The SMILES string of the molecule is COc1cc(C2c3cc4c(cc3[C@@H](NC(=O)CCCCCCN(C)C)[C@H]3COC(=O)[C@H]23)OCO4)cc(C)c1O. The van der Waals surface area contributed by atoms with Crippen LogP contribution in [0, 0.1) is 18.8 Å². The first-order chi connectivity index (χ1) is 18.8. The molecule has 0 bridgehead atoms. The summed E-state index contributed by atoms with van der Waals surface area (Å²) in [5.41, 5.74) is 3.25. The number of phenols is 1. The number of carbonyl (C=O) groups excluding carboxylic acids is 2. The number of unbranched alkanes of at least 4 members (excludes halogenated alkanes) is 3. The predicted octanol–water partition coefficient (Wildman–Crippen LogP) is 4.04. The maximum atomic E-state index is 13.2. The van der Waals surface area contributed by atoms with Crippen LogP contribution in [0.3, 0.4) is 0 Å².